The van der Waals surface area contributed by atoms with Gasteiger partial charge in [-0.3, -0.25) is 0 Å². The molecule has 1 aromatic heterocycles. The van der Waals surface area contributed by atoms with Crippen LogP contribution >= 0.6 is 11.6 Å². The van der Waals surface area contributed by atoms with Crippen LogP contribution in [0.1, 0.15) is 5.56 Å². The van der Waals surface area contributed by atoms with E-state index in [4.69, 9.17) is 16.3 Å². The van der Waals surface area contributed by atoms with Crippen molar-refractivity contribution in [2.45, 2.75) is 6.92 Å². The van der Waals surface area contributed by atoms with Crippen LogP contribution in [0.25, 0.3) is 10.8 Å². The molecule has 0 amide bonds. The lowest BCUT2D eigenvalue weighted by Gasteiger charge is -2.07. The van der Waals surface area contributed by atoms with E-state index >= 15 is 0 Å². The standard InChI is InChI=1S/C11H10ClNO/c1-7-6-13-11(12)10-8(7)4-3-5-9(10)14-2/h3-6H,1-2H3. The Labute approximate surface area is 87.5 Å². The first-order valence-corrected chi connectivity index (χ1v) is 4.69. The van der Waals surface area contributed by atoms with Gasteiger partial charge in [0.1, 0.15) is 10.9 Å². The number of hydrogen-bond donors (Lipinski definition) is 0. The van der Waals surface area contributed by atoms with Crippen LogP contribution < -0.4 is 4.74 Å². The van der Waals surface area contributed by atoms with Crippen molar-refractivity contribution in [1.82, 2.24) is 4.98 Å². The monoisotopic (exact) mass is 207 g/mol. The maximum absolute atomic E-state index is 6.02. The second-order valence-electron chi connectivity index (χ2n) is 3.11. The number of aryl methyl sites for hydroxylation is 1. The molecule has 14 heavy (non-hydrogen) atoms. The topological polar surface area (TPSA) is 22.1 Å². The molecule has 2 nitrogen and oxygen atoms in total. The predicted molar refractivity (Wildman–Crippen MR) is 58.0 cm³/mol. The van der Waals surface area contributed by atoms with E-state index in [-0.39, 0.29) is 0 Å². The Kier molecular flexibility index (Phi) is 2.30. The van der Waals surface area contributed by atoms with E-state index in [1.807, 2.05) is 25.1 Å². The molecule has 0 bridgehead atoms. The molecule has 1 heterocycles. The van der Waals surface area contributed by atoms with E-state index in [9.17, 15) is 0 Å². The van der Waals surface area contributed by atoms with Crippen LogP contribution in [0.5, 0.6) is 5.75 Å². The average Bonchev–Trinajstić information content (AvgIpc) is 2.23. The Morgan fingerprint density at radius 3 is 2.86 bits per heavy atom. The number of pyridine rings is 1. The van der Waals surface area contributed by atoms with Crippen molar-refractivity contribution in [2.75, 3.05) is 7.11 Å². The van der Waals surface area contributed by atoms with Crippen molar-refractivity contribution in [3.05, 3.63) is 35.1 Å². The molecule has 0 aliphatic carbocycles. The first-order chi connectivity index (χ1) is 6.74. The minimum absolute atomic E-state index is 0.489. The third-order valence-corrected chi connectivity index (χ3v) is 2.54. The second kappa shape index (κ2) is 3.46. The van der Waals surface area contributed by atoms with Crippen molar-refractivity contribution in [3.8, 4) is 5.75 Å². The molecular formula is C11H10ClNO. The smallest absolute Gasteiger partial charge is 0.140 e. The molecule has 2 aromatic rings. The van der Waals surface area contributed by atoms with Crippen LogP contribution in [0.4, 0.5) is 0 Å². The molecule has 0 unspecified atom stereocenters. The molecule has 2 rings (SSSR count). The lowest BCUT2D eigenvalue weighted by atomic mass is 10.1. The number of ether oxygens (including phenoxy) is 1. The number of hydrogen-bond acceptors (Lipinski definition) is 2. The molecule has 1 aromatic carbocycles. The lowest BCUT2D eigenvalue weighted by molar-refractivity contribution is 0.419. The first-order valence-electron chi connectivity index (χ1n) is 4.32. The van der Waals surface area contributed by atoms with E-state index in [0.717, 1.165) is 22.1 Å². The van der Waals surface area contributed by atoms with Gasteiger partial charge in [0.05, 0.1) is 12.5 Å². The minimum atomic E-state index is 0.489. The van der Waals surface area contributed by atoms with Gasteiger partial charge in [-0.25, -0.2) is 4.98 Å². The van der Waals surface area contributed by atoms with Gasteiger partial charge in [-0.05, 0) is 23.9 Å². The zero-order chi connectivity index (χ0) is 10.1. The molecule has 0 fully saturated rings. The summed E-state index contributed by atoms with van der Waals surface area (Å²) in [6.07, 6.45) is 1.77. The van der Waals surface area contributed by atoms with Crippen molar-refractivity contribution in [3.63, 3.8) is 0 Å². The highest BCUT2D eigenvalue weighted by Crippen LogP contribution is 2.31. The normalized spacial score (nSPS) is 10.5. The quantitative estimate of drug-likeness (QED) is 0.670. The van der Waals surface area contributed by atoms with Crippen molar-refractivity contribution >= 4 is 22.4 Å². The molecule has 72 valence electrons. The number of rotatable bonds is 1. The Balaban J connectivity index is 2.92. The summed E-state index contributed by atoms with van der Waals surface area (Å²) in [5.41, 5.74) is 1.10. The second-order valence-corrected chi connectivity index (χ2v) is 3.47. The molecule has 0 atom stereocenters. The molecule has 3 heteroatoms. The predicted octanol–water partition coefficient (Wildman–Crippen LogP) is 3.21. The maximum Gasteiger partial charge on any atom is 0.140 e. The van der Waals surface area contributed by atoms with Gasteiger partial charge in [0.15, 0.2) is 0 Å². The van der Waals surface area contributed by atoms with E-state index in [1.54, 1.807) is 13.3 Å². The molecule has 0 spiro atoms. The Morgan fingerprint density at radius 1 is 1.36 bits per heavy atom. The molecular weight excluding hydrogens is 198 g/mol. The molecule has 0 aliphatic heterocycles. The summed E-state index contributed by atoms with van der Waals surface area (Å²) in [7, 11) is 1.63. The third-order valence-electron chi connectivity index (χ3n) is 2.25. The number of methoxy groups -OCH3 is 1. The Morgan fingerprint density at radius 2 is 2.14 bits per heavy atom. The Hall–Kier alpha value is -1.28. The summed E-state index contributed by atoms with van der Waals surface area (Å²) in [5.74, 6) is 0.767. The molecule has 0 saturated heterocycles. The van der Waals surface area contributed by atoms with Crippen molar-refractivity contribution in [1.29, 1.82) is 0 Å². The Bertz CT molecular complexity index is 482. The summed E-state index contributed by atoms with van der Waals surface area (Å²) in [6.45, 7) is 2.01. The average molecular weight is 208 g/mol. The lowest BCUT2D eigenvalue weighted by Crippen LogP contribution is -1.89. The summed E-state index contributed by atoms with van der Waals surface area (Å²) in [5, 5.41) is 2.46. The molecule has 0 aliphatic rings. The molecule has 0 N–H and O–H groups in total. The highest BCUT2D eigenvalue weighted by atomic mass is 35.5. The van der Waals surface area contributed by atoms with Gasteiger partial charge >= 0.3 is 0 Å². The SMILES string of the molecule is COc1cccc2c(C)cnc(Cl)c12. The largest absolute Gasteiger partial charge is 0.496 e. The van der Waals surface area contributed by atoms with Gasteiger partial charge in [-0.1, -0.05) is 23.7 Å². The van der Waals surface area contributed by atoms with Gasteiger partial charge in [-0.15, -0.1) is 0 Å². The first kappa shape index (κ1) is 9.28. The number of fused-ring (bicyclic) bond motifs is 1. The van der Waals surface area contributed by atoms with Crippen LogP contribution in [0.3, 0.4) is 0 Å². The van der Waals surface area contributed by atoms with Crippen LogP contribution in [-0.4, -0.2) is 12.1 Å². The summed E-state index contributed by atoms with van der Waals surface area (Å²) < 4.78 is 5.24. The van der Waals surface area contributed by atoms with E-state index in [0.29, 0.717) is 5.15 Å². The van der Waals surface area contributed by atoms with Crippen LogP contribution in [0.2, 0.25) is 5.15 Å². The zero-order valence-corrected chi connectivity index (χ0v) is 8.80. The van der Waals surface area contributed by atoms with Crippen LogP contribution in [0, 0.1) is 6.92 Å². The van der Waals surface area contributed by atoms with Crippen LogP contribution in [-0.2, 0) is 0 Å². The maximum atomic E-state index is 6.02. The number of nitrogens with zero attached hydrogens (tertiary/aromatic N) is 1. The third kappa shape index (κ3) is 1.32. The van der Waals surface area contributed by atoms with Gasteiger partial charge in [0, 0.05) is 6.20 Å². The van der Waals surface area contributed by atoms with Gasteiger partial charge in [0.25, 0.3) is 0 Å². The molecule has 0 saturated carbocycles. The summed E-state index contributed by atoms with van der Waals surface area (Å²) >= 11 is 6.02. The van der Waals surface area contributed by atoms with E-state index < -0.39 is 0 Å². The molecule has 0 radical (unpaired) electrons. The highest BCUT2D eigenvalue weighted by Gasteiger charge is 2.07. The number of aromatic nitrogens is 1. The van der Waals surface area contributed by atoms with Gasteiger partial charge in [0.2, 0.25) is 0 Å². The number of halogens is 1. The zero-order valence-electron chi connectivity index (χ0n) is 8.04. The fourth-order valence-corrected chi connectivity index (χ4v) is 1.77. The van der Waals surface area contributed by atoms with Gasteiger partial charge in [-0.2, -0.15) is 0 Å². The fourth-order valence-electron chi connectivity index (χ4n) is 1.53. The summed E-state index contributed by atoms with van der Waals surface area (Å²) in [4.78, 5) is 4.10. The highest BCUT2D eigenvalue weighted by molar-refractivity contribution is 6.34. The van der Waals surface area contributed by atoms with Crippen molar-refractivity contribution in [2.24, 2.45) is 0 Å². The van der Waals surface area contributed by atoms with E-state index in [2.05, 4.69) is 4.98 Å². The van der Waals surface area contributed by atoms with Gasteiger partial charge < -0.3 is 4.74 Å². The van der Waals surface area contributed by atoms with E-state index in [1.165, 1.54) is 0 Å². The minimum Gasteiger partial charge on any atom is -0.496 e. The summed E-state index contributed by atoms with van der Waals surface area (Å²) in [6, 6.07) is 5.85. The fraction of sp³-hybridized carbons (Fsp3) is 0.182. The number of benzene rings is 1. The van der Waals surface area contributed by atoms with Crippen LogP contribution in [0.15, 0.2) is 24.4 Å². The van der Waals surface area contributed by atoms with Crippen molar-refractivity contribution < 1.29 is 4.74 Å².